The van der Waals surface area contributed by atoms with E-state index in [0.29, 0.717) is 0 Å². The van der Waals surface area contributed by atoms with Gasteiger partial charge in [-0.25, -0.2) is 19.2 Å². The zero-order chi connectivity index (χ0) is 17.0. The molecule has 0 aliphatic heterocycles. The Hall–Kier alpha value is -2.96. The zero-order valence-corrected chi connectivity index (χ0v) is 12.1. The van der Waals surface area contributed by atoms with Crippen molar-refractivity contribution in [1.29, 1.82) is 0 Å². The molecule has 0 saturated heterocycles. The van der Waals surface area contributed by atoms with Crippen LogP contribution < -0.4 is 0 Å². The lowest BCUT2D eigenvalue weighted by Crippen LogP contribution is -2.22. The van der Waals surface area contributed by atoms with Crippen LogP contribution in [0.3, 0.4) is 0 Å². The van der Waals surface area contributed by atoms with Gasteiger partial charge in [0, 0.05) is 0 Å². The molecule has 2 aliphatic rings. The van der Waals surface area contributed by atoms with Crippen LogP contribution in [-0.4, -0.2) is 34.1 Å². The zero-order valence-electron chi connectivity index (χ0n) is 12.1. The third-order valence-corrected chi connectivity index (χ3v) is 3.54. The van der Waals surface area contributed by atoms with E-state index in [2.05, 4.69) is 0 Å². The molecule has 2 N–H and O–H groups in total. The molecule has 0 radical (unpaired) electrons. The molecule has 0 spiro atoms. The molecule has 0 aromatic carbocycles. The molecule has 0 fully saturated rings. The van der Waals surface area contributed by atoms with Gasteiger partial charge in [0.15, 0.2) is 0 Å². The van der Waals surface area contributed by atoms with Gasteiger partial charge in [-0.05, 0) is 25.7 Å². The second-order valence-corrected chi connectivity index (χ2v) is 4.96. The number of esters is 2. The third-order valence-electron chi connectivity index (χ3n) is 3.54. The molecule has 0 atom stereocenters. The molecule has 0 heterocycles. The minimum atomic E-state index is -1.25. The van der Waals surface area contributed by atoms with E-state index in [1.54, 1.807) is 24.3 Å². The van der Waals surface area contributed by atoms with Crippen molar-refractivity contribution in [2.45, 2.75) is 25.7 Å². The van der Waals surface area contributed by atoms with Crippen molar-refractivity contribution < 1.29 is 34.1 Å². The molecule has 120 valence electrons. The maximum atomic E-state index is 12.1. The van der Waals surface area contributed by atoms with E-state index in [4.69, 9.17) is 14.9 Å². The predicted octanol–water partition coefficient (Wildman–Crippen LogP) is 1.52. The van der Waals surface area contributed by atoms with Crippen LogP contribution in [0.15, 0.2) is 46.6 Å². The lowest BCUT2D eigenvalue weighted by atomic mass is 9.96. The predicted molar refractivity (Wildman–Crippen MR) is 77.2 cm³/mol. The Morgan fingerprint density at radius 2 is 0.957 bits per heavy atom. The molecule has 0 aromatic rings. The third kappa shape index (κ3) is 3.63. The summed E-state index contributed by atoms with van der Waals surface area (Å²) in [6.07, 6.45) is 6.69. The molecule has 0 saturated carbocycles. The summed E-state index contributed by atoms with van der Waals surface area (Å²) >= 11 is 0. The molecule has 2 aliphatic carbocycles. The topological polar surface area (TPSA) is 118 Å². The number of allylic oxidation sites excluding steroid dienone is 4. The largest absolute Gasteiger partial charge is 0.478 e. The SMILES string of the molecule is O=C(O)C1=C(C(=O)OC(=O)C2=C(C(=O)O)CC=CC2)CC=CC1. The Morgan fingerprint density at radius 1 is 0.652 bits per heavy atom. The molecule has 0 aromatic heterocycles. The van der Waals surface area contributed by atoms with E-state index in [1.165, 1.54) is 0 Å². The summed E-state index contributed by atoms with van der Waals surface area (Å²) in [5, 5.41) is 18.1. The van der Waals surface area contributed by atoms with Crippen LogP contribution >= 0.6 is 0 Å². The summed E-state index contributed by atoms with van der Waals surface area (Å²) < 4.78 is 4.70. The number of hydrogen-bond acceptors (Lipinski definition) is 5. The van der Waals surface area contributed by atoms with E-state index in [-0.39, 0.29) is 48.0 Å². The molecule has 2 rings (SSSR count). The quantitative estimate of drug-likeness (QED) is 0.458. The van der Waals surface area contributed by atoms with Crippen molar-refractivity contribution >= 4 is 23.9 Å². The molecule has 7 heteroatoms. The first kappa shape index (κ1) is 16.4. The second kappa shape index (κ2) is 6.87. The molecule has 7 nitrogen and oxygen atoms in total. The highest BCUT2D eigenvalue weighted by atomic mass is 16.6. The molecular formula is C16H14O7. The minimum Gasteiger partial charge on any atom is -0.478 e. The number of carboxylic acid groups (broad SMARTS) is 2. The van der Waals surface area contributed by atoms with E-state index in [0.717, 1.165) is 0 Å². The van der Waals surface area contributed by atoms with E-state index < -0.39 is 23.9 Å². The highest BCUT2D eigenvalue weighted by Crippen LogP contribution is 2.24. The number of rotatable bonds is 4. The van der Waals surface area contributed by atoms with Crippen LogP contribution in [0, 0.1) is 0 Å². The van der Waals surface area contributed by atoms with Gasteiger partial charge in [-0.15, -0.1) is 0 Å². The van der Waals surface area contributed by atoms with E-state index in [1.807, 2.05) is 0 Å². The van der Waals surface area contributed by atoms with Gasteiger partial charge in [-0.3, -0.25) is 0 Å². The second-order valence-electron chi connectivity index (χ2n) is 4.96. The van der Waals surface area contributed by atoms with Crippen molar-refractivity contribution in [2.24, 2.45) is 0 Å². The van der Waals surface area contributed by atoms with Gasteiger partial charge in [0.25, 0.3) is 0 Å². The number of carbonyl (C=O) groups excluding carboxylic acids is 2. The lowest BCUT2D eigenvalue weighted by molar-refractivity contribution is -0.155. The number of hydrogen-bond donors (Lipinski definition) is 2. The Balaban J connectivity index is 2.21. The lowest BCUT2D eigenvalue weighted by Gasteiger charge is -2.15. The van der Waals surface area contributed by atoms with Crippen molar-refractivity contribution in [3.63, 3.8) is 0 Å². The minimum absolute atomic E-state index is 0.0541. The first-order valence-electron chi connectivity index (χ1n) is 6.89. The Kier molecular flexibility index (Phi) is 4.90. The summed E-state index contributed by atoms with van der Waals surface area (Å²) in [5.74, 6) is -4.60. The molecular weight excluding hydrogens is 304 g/mol. The maximum absolute atomic E-state index is 12.1. The summed E-state index contributed by atoms with van der Waals surface area (Å²) in [6, 6.07) is 0. The standard InChI is InChI=1S/C16H14O7/c17-13(18)9-5-1-3-7-11(9)15(21)23-16(22)12-8-4-2-6-10(12)14(19)20/h1-4H,5-8H2,(H,17,18)(H,19,20). The van der Waals surface area contributed by atoms with Crippen LogP contribution in [0.4, 0.5) is 0 Å². The summed E-state index contributed by atoms with van der Waals surface area (Å²) in [4.78, 5) is 46.3. The van der Waals surface area contributed by atoms with Crippen LogP contribution in [0.25, 0.3) is 0 Å². The van der Waals surface area contributed by atoms with Gasteiger partial charge < -0.3 is 14.9 Å². The van der Waals surface area contributed by atoms with Crippen molar-refractivity contribution in [3.05, 3.63) is 46.6 Å². The number of carboxylic acids is 2. The van der Waals surface area contributed by atoms with E-state index in [9.17, 15) is 19.2 Å². The highest BCUT2D eigenvalue weighted by molar-refractivity contribution is 6.08. The number of aliphatic carboxylic acids is 2. The fourth-order valence-corrected chi connectivity index (χ4v) is 2.35. The summed E-state index contributed by atoms with van der Waals surface area (Å²) in [5.41, 5.74) is -0.447. The van der Waals surface area contributed by atoms with Gasteiger partial charge in [0.2, 0.25) is 0 Å². The Morgan fingerprint density at radius 3 is 1.26 bits per heavy atom. The fourth-order valence-electron chi connectivity index (χ4n) is 2.35. The van der Waals surface area contributed by atoms with Gasteiger partial charge in [0.1, 0.15) is 0 Å². The molecule has 0 bridgehead atoms. The van der Waals surface area contributed by atoms with Gasteiger partial charge in [-0.1, -0.05) is 24.3 Å². The Labute approximate surface area is 131 Å². The smallest absolute Gasteiger partial charge is 0.342 e. The molecule has 0 unspecified atom stereocenters. The molecule has 23 heavy (non-hydrogen) atoms. The van der Waals surface area contributed by atoms with Crippen LogP contribution in [0.1, 0.15) is 25.7 Å². The Bertz CT molecular complexity index is 644. The monoisotopic (exact) mass is 318 g/mol. The maximum Gasteiger partial charge on any atom is 0.342 e. The van der Waals surface area contributed by atoms with Crippen LogP contribution in [-0.2, 0) is 23.9 Å². The van der Waals surface area contributed by atoms with Crippen LogP contribution in [0.5, 0.6) is 0 Å². The fraction of sp³-hybridized carbons (Fsp3) is 0.250. The average molecular weight is 318 g/mol. The average Bonchev–Trinajstić information content (AvgIpc) is 2.54. The van der Waals surface area contributed by atoms with Crippen molar-refractivity contribution in [2.75, 3.05) is 0 Å². The number of carbonyl (C=O) groups is 4. The van der Waals surface area contributed by atoms with Gasteiger partial charge in [0.05, 0.1) is 22.3 Å². The first-order chi connectivity index (χ1) is 10.9. The summed E-state index contributed by atoms with van der Waals surface area (Å²) in [6.45, 7) is 0. The van der Waals surface area contributed by atoms with Crippen LogP contribution in [0.2, 0.25) is 0 Å². The van der Waals surface area contributed by atoms with Gasteiger partial charge in [-0.2, -0.15) is 0 Å². The summed E-state index contributed by atoms with van der Waals surface area (Å²) in [7, 11) is 0. The van der Waals surface area contributed by atoms with Crippen molar-refractivity contribution in [1.82, 2.24) is 0 Å². The van der Waals surface area contributed by atoms with Crippen molar-refractivity contribution in [3.8, 4) is 0 Å². The van der Waals surface area contributed by atoms with Gasteiger partial charge >= 0.3 is 23.9 Å². The van der Waals surface area contributed by atoms with E-state index >= 15 is 0 Å². The first-order valence-corrected chi connectivity index (χ1v) is 6.89. The molecule has 0 amide bonds. The highest BCUT2D eigenvalue weighted by Gasteiger charge is 2.28. The number of ether oxygens (including phenoxy) is 1. The normalized spacial score (nSPS) is 17.2.